The second-order valence-electron chi connectivity index (χ2n) is 6.02. The van der Waals surface area contributed by atoms with Gasteiger partial charge in [0.2, 0.25) is 5.91 Å². The lowest BCUT2D eigenvalue weighted by Gasteiger charge is -2.39. The maximum Gasteiger partial charge on any atom is 0.221 e. The maximum atomic E-state index is 11.9. The fraction of sp³-hybridized carbons (Fsp3) is 0.929. The molecule has 0 aliphatic heterocycles. The van der Waals surface area contributed by atoms with Crippen LogP contribution >= 0.6 is 0 Å². The normalized spacial score (nSPS) is 25.3. The zero-order valence-electron chi connectivity index (χ0n) is 11.8. The average Bonchev–Trinajstić information content (AvgIpc) is 2.21. The summed E-state index contributed by atoms with van der Waals surface area (Å²) in [6.07, 6.45) is 5.49. The molecule has 1 aliphatic carbocycles. The van der Waals surface area contributed by atoms with Crippen LogP contribution in [0.15, 0.2) is 0 Å². The van der Waals surface area contributed by atoms with Crippen LogP contribution in [0, 0.1) is 5.41 Å². The van der Waals surface area contributed by atoms with E-state index in [-0.39, 0.29) is 17.4 Å². The van der Waals surface area contributed by atoms with Crippen LogP contribution in [0.1, 0.15) is 59.8 Å². The van der Waals surface area contributed by atoms with E-state index in [9.17, 15) is 4.79 Å². The molecule has 0 aromatic carbocycles. The lowest BCUT2D eigenvalue weighted by atomic mass is 9.73. The van der Waals surface area contributed by atoms with Crippen molar-refractivity contribution in [2.75, 3.05) is 6.54 Å². The van der Waals surface area contributed by atoms with E-state index in [1.54, 1.807) is 0 Å². The minimum atomic E-state index is 0.193. The van der Waals surface area contributed by atoms with Crippen LogP contribution in [0.3, 0.4) is 0 Å². The lowest BCUT2D eigenvalue weighted by molar-refractivity contribution is -0.123. The third kappa shape index (κ3) is 4.66. The highest BCUT2D eigenvalue weighted by Crippen LogP contribution is 2.35. The molecule has 17 heavy (non-hydrogen) atoms. The summed E-state index contributed by atoms with van der Waals surface area (Å²) in [5, 5.41) is 6.49. The minimum absolute atomic E-state index is 0.193. The Labute approximate surface area is 106 Å². The van der Waals surface area contributed by atoms with E-state index in [2.05, 4.69) is 38.3 Å². The summed E-state index contributed by atoms with van der Waals surface area (Å²) in [6.45, 7) is 9.59. The van der Waals surface area contributed by atoms with E-state index < -0.39 is 0 Å². The van der Waals surface area contributed by atoms with Gasteiger partial charge in [-0.15, -0.1) is 0 Å². The van der Waals surface area contributed by atoms with Crippen LogP contribution in [0.5, 0.6) is 0 Å². The predicted octanol–water partition coefficient (Wildman–Crippen LogP) is 2.46. The molecule has 0 heterocycles. The molecule has 2 unspecified atom stereocenters. The molecule has 3 nitrogen and oxygen atoms in total. The van der Waals surface area contributed by atoms with Crippen molar-refractivity contribution >= 4 is 5.91 Å². The third-order valence-electron chi connectivity index (χ3n) is 3.89. The highest BCUT2D eigenvalue weighted by molar-refractivity contribution is 5.76. The summed E-state index contributed by atoms with van der Waals surface area (Å²) < 4.78 is 0. The van der Waals surface area contributed by atoms with Crippen LogP contribution in [0.25, 0.3) is 0 Å². The van der Waals surface area contributed by atoms with Crippen LogP contribution in [0.4, 0.5) is 0 Å². The van der Waals surface area contributed by atoms with E-state index >= 15 is 0 Å². The second-order valence-corrected chi connectivity index (χ2v) is 6.02. The Kier molecular flexibility index (Phi) is 5.44. The first kappa shape index (κ1) is 14.5. The highest BCUT2D eigenvalue weighted by atomic mass is 16.1. The Hall–Kier alpha value is -0.570. The molecular weight excluding hydrogens is 212 g/mol. The van der Waals surface area contributed by atoms with Gasteiger partial charge in [-0.3, -0.25) is 4.79 Å². The number of carbonyl (C=O) groups excluding carboxylic acids is 1. The summed E-state index contributed by atoms with van der Waals surface area (Å²) in [7, 11) is 0. The van der Waals surface area contributed by atoms with Gasteiger partial charge in [-0.1, -0.05) is 33.6 Å². The summed E-state index contributed by atoms with van der Waals surface area (Å²) >= 11 is 0. The summed E-state index contributed by atoms with van der Waals surface area (Å²) in [4.78, 5) is 11.9. The largest absolute Gasteiger partial charge is 0.353 e. The van der Waals surface area contributed by atoms with E-state index in [0.29, 0.717) is 12.5 Å². The van der Waals surface area contributed by atoms with Gasteiger partial charge in [-0.2, -0.15) is 0 Å². The molecule has 1 aliphatic rings. The molecule has 100 valence electrons. The molecule has 0 aromatic heterocycles. The van der Waals surface area contributed by atoms with Gasteiger partial charge in [0.15, 0.2) is 0 Å². The molecule has 2 N–H and O–H groups in total. The second kappa shape index (κ2) is 6.39. The Morgan fingerprint density at radius 1 is 1.41 bits per heavy atom. The number of rotatable bonds is 5. The van der Waals surface area contributed by atoms with E-state index in [1.807, 2.05) is 0 Å². The predicted molar refractivity (Wildman–Crippen MR) is 71.9 cm³/mol. The highest BCUT2D eigenvalue weighted by Gasteiger charge is 2.33. The van der Waals surface area contributed by atoms with Crippen molar-refractivity contribution in [3.8, 4) is 0 Å². The zero-order valence-corrected chi connectivity index (χ0v) is 11.8. The zero-order chi connectivity index (χ0) is 12.9. The molecule has 2 atom stereocenters. The van der Waals surface area contributed by atoms with Gasteiger partial charge in [0, 0.05) is 18.5 Å². The van der Waals surface area contributed by atoms with Crippen LogP contribution in [-0.4, -0.2) is 24.5 Å². The van der Waals surface area contributed by atoms with Crippen molar-refractivity contribution in [3.05, 3.63) is 0 Å². The van der Waals surface area contributed by atoms with Crippen molar-refractivity contribution in [2.24, 2.45) is 5.41 Å². The molecule has 0 bridgehead atoms. The first-order valence-corrected chi connectivity index (χ1v) is 6.98. The number of hydrogen-bond acceptors (Lipinski definition) is 2. The molecule has 0 spiro atoms. The van der Waals surface area contributed by atoms with Gasteiger partial charge in [-0.05, 0) is 31.7 Å². The van der Waals surface area contributed by atoms with Crippen LogP contribution in [-0.2, 0) is 4.79 Å². The number of hydrogen-bond donors (Lipinski definition) is 2. The molecular formula is C14H28N2O. The van der Waals surface area contributed by atoms with Crippen molar-refractivity contribution in [3.63, 3.8) is 0 Å². The van der Waals surface area contributed by atoms with Gasteiger partial charge in [0.1, 0.15) is 0 Å². The molecule has 1 rings (SSSR count). The summed E-state index contributed by atoms with van der Waals surface area (Å²) in [6, 6.07) is 0.629. The Morgan fingerprint density at radius 2 is 2.12 bits per heavy atom. The van der Waals surface area contributed by atoms with Gasteiger partial charge >= 0.3 is 0 Å². The molecule has 0 aromatic rings. The topological polar surface area (TPSA) is 41.1 Å². The first-order chi connectivity index (χ1) is 7.95. The SMILES string of the molecule is CCNC(C)CC(=O)NC1CCCCC1(C)C. The van der Waals surface area contributed by atoms with Gasteiger partial charge in [-0.25, -0.2) is 0 Å². The van der Waals surface area contributed by atoms with Crippen molar-refractivity contribution < 1.29 is 4.79 Å². The minimum Gasteiger partial charge on any atom is -0.353 e. The van der Waals surface area contributed by atoms with Crippen molar-refractivity contribution in [1.82, 2.24) is 10.6 Å². The lowest BCUT2D eigenvalue weighted by Crippen LogP contribution is -2.48. The monoisotopic (exact) mass is 240 g/mol. The number of nitrogens with one attached hydrogen (secondary N) is 2. The van der Waals surface area contributed by atoms with Gasteiger partial charge in [0.05, 0.1) is 0 Å². The number of amides is 1. The fourth-order valence-corrected chi connectivity index (χ4v) is 2.71. The average molecular weight is 240 g/mol. The Morgan fingerprint density at radius 3 is 2.71 bits per heavy atom. The fourth-order valence-electron chi connectivity index (χ4n) is 2.71. The quantitative estimate of drug-likeness (QED) is 0.775. The van der Waals surface area contributed by atoms with E-state index in [1.165, 1.54) is 19.3 Å². The third-order valence-corrected chi connectivity index (χ3v) is 3.89. The van der Waals surface area contributed by atoms with Crippen LogP contribution < -0.4 is 10.6 Å². The Bertz CT molecular complexity index is 251. The Balaban J connectivity index is 2.39. The van der Waals surface area contributed by atoms with Crippen molar-refractivity contribution in [1.29, 1.82) is 0 Å². The van der Waals surface area contributed by atoms with E-state index in [4.69, 9.17) is 0 Å². The van der Waals surface area contributed by atoms with Crippen LogP contribution in [0.2, 0.25) is 0 Å². The smallest absolute Gasteiger partial charge is 0.221 e. The molecule has 3 heteroatoms. The number of carbonyl (C=O) groups is 1. The molecule has 1 fully saturated rings. The van der Waals surface area contributed by atoms with E-state index in [0.717, 1.165) is 13.0 Å². The van der Waals surface area contributed by atoms with Crippen molar-refractivity contribution in [2.45, 2.75) is 71.9 Å². The molecule has 0 radical (unpaired) electrons. The molecule has 0 saturated heterocycles. The molecule has 1 saturated carbocycles. The maximum absolute atomic E-state index is 11.9. The molecule has 1 amide bonds. The van der Waals surface area contributed by atoms with Gasteiger partial charge in [0.25, 0.3) is 0 Å². The first-order valence-electron chi connectivity index (χ1n) is 6.98. The summed E-state index contributed by atoms with van der Waals surface area (Å²) in [5.74, 6) is 0.193. The summed E-state index contributed by atoms with van der Waals surface area (Å²) in [5.41, 5.74) is 0.259. The standard InChI is InChI=1S/C14H28N2O/c1-5-15-11(2)10-13(17)16-12-8-6-7-9-14(12,3)4/h11-12,15H,5-10H2,1-4H3,(H,16,17). The van der Waals surface area contributed by atoms with Gasteiger partial charge < -0.3 is 10.6 Å².